The van der Waals surface area contributed by atoms with E-state index in [-0.39, 0.29) is 10.7 Å². The predicted molar refractivity (Wildman–Crippen MR) is 97.7 cm³/mol. The van der Waals surface area contributed by atoms with E-state index in [4.69, 9.17) is 23.2 Å². The summed E-state index contributed by atoms with van der Waals surface area (Å²) in [6, 6.07) is 17.8. The van der Waals surface area contributed by atoms with Crippen LogP contribution in [0, 0.1) is 0 Å². The fourth-order valence-corrected chi connectivity index (χ4v) is 2.64. The van der Waals surface area contributed by atoms with Crippen LogP contribution >= 0.6 is 23.2 Å². The standard InChI is InChI=1S/C18H12Cl2N2O2/c19-13-8-4-10-15(16(13)20)22-18(24)17(23)21-14-9-3-6-11-5-1-2-7-12(11)14/h1-10H,(H,21,23)(H,22,24). The van der Waals surface area contributed by atoms with Gasteiger partial charge in [-0.25, -0.2) is 0 Å². The number of carbonyl (C=O) groups is 2. The molecule has 0 aliphatic carbocycles. The van der Waals surface area contributed by atoms with Gasteiger partial charge in [-0.05, 0) is 23.6 Å². The van der Waals surface area contributed by atoms with Gasteiger partial charge in [-0.2, -0.15) is 0 Å². The molecule has 0 saturated carbocycles. The van der Waals surface area contributed by atoms with E-state index in [9.17, 15) is 9.59 Å². The minimum atomic E-state index is -0.827. The molecule has 0 fully saturated rings. The Hall–Kier alpha value is -2.56. The smallest absolute Gasteiger partial charge is 0.314 e. The van der Waals surface area contributed by atoms with E-state index in [0.29, 0.717) is 10.7 Å². The van der Waals surface area contributed by atoms with Crippen LogP contribution in [0.2, 0.25) is 10.0 Å². The summed E-state index contributed by atoms with van der Waals surface area (Å²) in [5, 5.41) is 7.36. The average Bonchev–Trinajstić information content (AvgIpc) is 2.59. The van der Waals surface area contributed by atoms with Crippen LogP contribution in [0.1, 0.15) is 0 Å². The Morgan fingerprint density at radius 1 is 0.708 bits per heavy atom. The maximum atomic E-state index is 12.2. The lowest BCUT2D eigenvalue weighted by molar-refractivity contribution is -0.132. The summed E-state index contributed by atoms with van der Waals surface area (Å²) in [6.45, 7) is 0. The largest absolute Gasteiger partial charge is 0.317 e. The fourth-order valence-electron chi connectivity index (χ4n) is 2.29. The van der Waals surface area contributed by atoms with Gasteiger partial charge in [0, 0.05) is 11.1 Å². The number of hydrogen-bond donors (Lipinski definition) is 2. The van der Waals surface area contributed by atoms with Crippen molar-refractivity contribution in [3.05, 3.63) is 70.7 Å². The SMILES string of the molecule is O=C(Nc1cccc(Cl)c1Cl)C(=O)Nc1cccc2ccccc12. The van der Waals surface area contributed by atoms with Crippen molar-refractivity contribution in [2.45, 2.75) is 0 Å². The quantitative estimate of drug-likeness (QED) is 0.651. The van der Waals surface area contributed by atoms with Crippen molar-refractivity contribution in [1.29, 1.82) is 0 Å². The molecular formula is C18H12Cl2N2O2. The number of halogens is 2. The summed E-state index contributed by atoms with van der Waals surface area (Å²) in [6.07, 6.45) is 0. The first-order chi connectivity index (χ1) is 11.6. The van der Waals surface area contributed by atoms with Gasteiger partial charge in [-0.1, -0.05) is 65.7 Å². The molecule has 0 aliphatic rings. The van der Waals surface area contributed by atoms with Crippen molar-refractivity contribution >= 4 is 57.2 Å². The van der Waals surface area contributed by atoms with E-state index in [1.165, 1.54) is 0 Å². The van der Waals surface area contributed by atoms with E-state index in [1.807, 2.05) is 36.4 Å². The third-order valence-electron chi connectivity index (χ3n) is 3.44. The van der Waals surface area contributed by atoms with Gasteiger partial charge in [0.05, 0.1) is 15.7 Å². The highest BCUT2D eigenvalue weighted by atomic mass is 35.5. The maximum Gasteiger partial charge on any atom is 0.314 e. The maximum absolute atomic E-state index is 12.2. The molecule has 0 unspecified atom stereocenters. The molecule has 0 spiro atoms. The van der Waals surface area contributed by atoms with Crippen LogP contribution < -0.4 is 10.6 Å². The first kappa shape index (κ1) is 16.3. The van der Waals surface area contributed by atoms with Crippen LogP contribution in [0.15, 0.2) is 60.7 Å². The molecule has 0 heterocycles. The second-order valence-electron chi connectivity index (χ2n) is 5.04. The Morgan fingerprint density at radius 3 is 2.08 bits per heavy atom. The normalized spacial score (nSPS) is 10.4. The van der Waals surface area contributed by atoms with E-state index < -0.39 is 11.8 Å². The summed E-state index contributed by atoms with van der Waals surface area (Å²) in [5.74, 6) is -1.62. The number of fused-ring (bicyclic) bond motifs is 1. The third-order valence-corrected chi connectivity index (χ3v) is 4.26. The van der Waals surface area contributed by atoms with Gasteiger partial charge in [0.2, 0.25) is 0 Å². The minimum Gasteiger partial charge on any atom is -0.317 e. The van der Waals surface area contributed by atoms with Crippen molar-refractivity contribution in [1.82, 2.24) is 0 Å². The second kappa shape index (κ2) is 6.91. The zero-order valence-corrected chi connectivity index (χ0v) is 13.9. The van der Waals surface area contributed by atoms with Crippen molar-refractivity contribution in [3.63, 3.8) is 0 Å². The highest BCUT2D eigenvalue weighted by Crippen LogP contribution is 2.29. The lowest BCUT2D eigenvalue weighted by Gasteiger charge is -2.10. The zero-order chi connectivity index (χ0) is 17.1. The Kier molecular flexibility index (Phi) is 4.69. The molecule has 24 heavy (non-hydrogen) atoms. The van der Waals surface area contributed by atoms with Crippen molar-refractivity contribution in [2.75, 3.05) is 10.6 Å². The van der Waals surface area contributed by atoms with Crippen LogP contribution in [-0.2, 0) is 9.59 Å². The Morgan fingerprint density at radius 2 is 1.29 bits per heavy atom. The molecule has 0 bridgehead atoms. The Bertz CT molecular complexity index is 936. The van der Waals surface area contributed by atoms with Crippen LogP contribution in [0.5, 0.6) is 0 Å². The molecule has 0 saturated heterocycles. The Labute approximate surface area is 148 Å². The van der Waals surface area contributed by atoms with Gasteiger partial charge in [0.1, 0.15) is 0 Å². The number of rotatable bonds is 2. The van der Waals surface area contributed by atoms with Gasteiger partial charge in [0.25, 0.3) is 0 Å². The predicted octanol–water partition coefficient (Wildman–Crippen LogP) is 4.72. The number of amides is 2. The third kappa shape index (κ3) is 3.35. The first-order valence-electron chi connectivity index (χ1n) is 7.10. The summed E-state index contributed by atoms with van der Waals surface area (Å²) in [5.41, 5.74) is 0.840. The lowest BCUT2D eigenvalue weighted by Crippen LogP contribution is -2.29. The molecule has 6 heteroatoms. The number of nitrogens with one attached hydrogen (secondary N) is 2. The zero-order valence-electron chi connectivity index (χ0n) is 12.3. The molecule has 0 aliphatic heterocycles. The molecule has 0 aromatic heterocycles. The van der Waals surface area contributed by atoms with Crippen LogP contribution in [0.4, 0.5) is 11.4 Å². The summed E-state index contributed by atoms with van der Waals surface area (Å²) < 4.78 is 0. The molecule has 4 nitrogen and oxygen atoms in total. The highest BCUT2D eigenvalue weighted by molar-refractivity contribution is 6.47. The first-order valence-corrected chi connectivity index (χ1v) is 7.86. The molecule has 2 N–H and O–H groups in total. The molecule has 120 valence electrons. The number of anilines is 2. The monoisotopic (exact) mass is 358 g/mol. The molecule has 3 rings (SSSR count). The minimum absolute atomic E-state index is 0.186. The van der Waals surface area contributed by atoms with Crippen LogP contribution in [0.3, 0.4) is 0 Å². The molecule has 2 amide bonds. The van der Waals surface area contributed by atoms with E-state index >= 15 is 0 Å². The van der Waals surface area contributed by atoms with Gasteiger partial charge in [0.15, 0.2) is 0 Å². The van der Waals surface area contributed by atoms with Crippen molar-refractivity contribution < 1.29 is 9.59 Å². The van der Waals surface area contributed by atoms with E-state index in [1.54, 1.807) is 24.3 Å². The number of hydrogen-bond acceptors (Lipinski definition) is 2. The Balaban J connectivity index is 1.79. The molecule has 0 atom stereocenters. The van der Waals surface area contributed by atoms with Gasteiger partial charge >= 0.3 is 11.8 Å². The summed E-state index contributed by atoms with van der Waals surface area (Å²) in [7, 11) is 0. The second-order valence-corrected chi connectivity index (χ2v) is 5.82. The number of benzene rings is 3. The molecule has 3 aromatic rings. The van der Waals surface area contributed by atoms with Crippen molar-refractivity contribution in [3.8, 4) is 0 Å². The average molecular weight is 359 g/mol. The topological polar surface area (TPSA) is 58.2 Å². The highest BCUT2D eigenvalue weighted by Gasteiger charge is 2.17. The number of carbonyl (C=O) groups excluding carboxylic acids is 2. The van der Waals surface area contributed by atoms with Crippen LogP contribution in [0.25, 0.3) is 10.8 Å². The fraction of sp³-hybridized carbons (Fsp3) is 0. The van der Waals surface area contributed by atoms with E-state index in [2.05, 4.69) is 10.6 Å². The van der Waals surface area contributed by atoms with Gasteiger partial charge < -0.3 is 10.6 Å². The van der Waals surface area contributed by atoms with Gasteiger partial charge in [-0.3, -0.25) is 9.59 Å². The van der Waals surface area contributed by atoms with E-state index in [0.717, 1.165) is 10.8 Å². The van der Waals surface area contributed by atoms with Gasteiger partial charge in [-0.15, -0.1) is 0 Å². The lowest BCUT2D eigenvalue weighted by atomic mass is 10.1. The summed E-state index contributed by atoms with van der Waals surface area (Å²) in [4.78, 5) is 24.2. The molecule has 0 radical (unpaired) electrons. The van der Waals surface area contributed by atoms with Crippen LogP contribution in [-0.4, -0.2) is 11.8 Å². The molecular weight excluding hydrogens is 347 g/mol. The molecule has 3 aromatic carbocycles. The van der Waals surface area contributed by atoms with Crippen molar-refractivity contribution in [2.24, 2.45) is 0 Å². The summed E-state index contributed by atoms with van der Waals surface area (Å²) >= 11 is 11.9.